The Balaban J connectivity index is 1.99. The fraction of sp³-hybridized carbons (Fsp3) is 0.500. The van der Waals surface area contributed by atoms with Crippen LogP contribution in [0.2, 0.25) is 0 Å². The van der Waals surface area contributed by atoms with Crippen LogP contribution >= 0.6 is 0 Å². The molecular formula is C12H17N5. The second kappa shape index (κ2) is 3.91. The molecule has 90 valence electrons. The normalized spacial score (nSPS) is 18.8. The van der Waals surface area contributed by atoms with Crippen molar-refractivity contribution in [2.45, 2.75) is 32.9 Å². The molecule has 1 aliphatic rings. The molecule has 17 heavy (non-hydrogen) atoms. The Morgan fingerprint density at radius 2 is 2.41 bits per heavy atom. The van der Waals surface area contributed by atoms with Crippen LogP contribution in [-0.4, -0.2) is 26.1 Å². The monoisotopic (exact) mass is 231 g/mol. The van der Waals surface area contributed by atoms with E-state index in [4.69, 9.17) is 0 Å². The van der Waals surface area contributed by atoms with Crippen LogP contribution in [0.3, 0.4) is 0 Å². The van der Waals surface area contributed by atoms with Crippen molar-refractivity contribution in [2.75, 3.05) is 11.9 Å². The Labute approximate surface area is 100 Å². The molecule has 0 bridgehead atoms. The smallest absolute Gasteiger partial charge is 0.125 e. The van der Waals surface area contributed by atoms with Gasteiger partial charge in [0.15, 0.2) is 0 Å². The van der Waals surface area contributed by atoms with Gasteiger partial charge in [0, 0.05) is 30.9 Å². The summed E-state index contributed by atoms with van der Waals surface area (Å²) in [5.41, 5.74) is 2.31. The van der Waals surface area contributed by atoms with Crippen LogP contribution in [0.1, 0.15) is 30.6 Å². The van der Waals surface area contributed by atoms with Crippen LogP contribution in [0.25, 0.3) is 0 Å². The van der Waals surface area contributed by atoms with E-state index < -0.39 is 0 Å². The minimum Gasteiger partial charge on any atom is -0.370 e. The third-order valence-electron chi connectivity index (χ3n) is 3.24. The van der Waals surface area contributed by atoms with E-state index in [0.717, 1.165) is 31.0 Å². The summed E-state index contributed by atoms with van der Waals surface area (Å²) in [5, 5.41) is 12.3. The molecule has 5 heteroatoms. The summed E-state index contributed by atoms with van der Waals surface area (Å²) in [6.07, 6.45) is 5.14. The summed E-state index contributed by atoms with van der Waals surface area (Å²) in [6.45, 7) is 6.03. The third-order valence-corrected chi connectivity index (χ3v) is 3.24. The van der Waals surface area contributed by atoms with Crippen LogP contribution < -0.4 is 5.32 Å². The molecule has 1 N–H and O–H groups in total. The number of hydrogen-bond acceptors (Lipinski definition) is 3. The Morgan fingerprint density at radius 1 is 1.53 bits per heavy atom. The van der Waals surface area contributed by atoms with Crippen LogP contribution in [0.15, 0.2) is 18.5 Å². The molecule has 0 aromatic carbocycles. The van der Waals surface area contributed by atoms with Gasteiger partial charge in [-0.25, -0.2) is 4.68 Å². The Hall–Kier alpha value is -1.78. The number of anilines is 1. The largest absolute Gasteiger partial charge is 0.370 e. The molecule has 1 unspecified atom stereocenters. The van der Waals surface area contributed by atoms with Crippen molar-refractivity contribution in [3.63, 3.8) is 0 Å². The van der Waals surface area contributed by atoms with Crippen LogP contribution in [-0.2, 0) is 6.54 Å². The Morgan fingerprint density at radius 3 is 3.18 bits per heavy atom. The standard InChI is InChI=1S/C12H17N5/c1-3-16-8-10(7-14-16)11-4-5-13-12-6-9(2)15-17(11)12/h6-8,11,13H,3-5H2,1-2H3. The molecule has 0 saturated heterocycles. The van der Waals surface area contributed by atoms with Gasteiger partial charge in [-0.3, -0.25) is 4.68 Å². The van der Waals surface area contributed by atoms with E-state index in [1.165, 1.54) is 5.56 Å². The van der Waals surface area contributed by atoms with Gasteiger partial charge in [-0.1, -0.05) is 0 Å². The number of nitrogens with zero attached hydrogens (tertiary/aromatic N) is 4. The van der Waals surface area contributed by atoms with Gasteiger partial charge in [0.05, 0.1) is 17.9 Å². The van der Waals surface area contributed by atoms with Gasteiger partial charge >= 0.3 is 0 Å². The zero-order valence-corrected chi connectivity index (χ0v) is 10.2. The van der Waals surface area contributed by atoms with Crippen LogP contribution in [0.4, 0.5) is 5.82 Å². The highest BCUT2D eigenvalue weighted by Gasteiger charge is 2.23. The van der Waals surface area contributed by atoms with E-state index in [0.29, 0.717) is 6.04 Å². The number of hydrogen-bond donors (Lipinski definition) is 1. The molecule has 1 atom stereocenters. The highest BCUT2D eigenvalue weighted by Crippen LogP contribution is 2.29. The maximum atomic E-state index is 4.56. The summed E-state index contributed by atoms with van der Waals surface area (Å²) in [5.74, 6) is 1.11. The molecule has 0 amide bonds. The van der Waals surface area contributed by atoms with E-state index in [2.05, 4.69) is 39.4 Å². The van der Waals surface area contributed by atoms with Crippen LogP contribution in [0.5, 0.6) is 0 Å². The molecule has 0 radical (unpaired) electrons. The van der Waals surface area contributed by atoms with E-state index in [-0.39, 0.29) is 0 Å². The Bertz CT molecular complexity index is 525. The van der Waals surface area contributed by atoms with Gasteiger partial charge in [-0.05, 0) is 20.3 Å². The van der Waals surface area contributed by atoms with Gasteiger partial charge in [0.2, 0.25) is 0 Å². The lowest BCUT2D eigenvalue weighted by Crippen LogP contribution is -2.24. The first-order chi connectivity index (χ1) is 8.28. The van der Waals surface area contributed by atoms with Crippen molar-refractivity contribution in [3.05, 3.63) is 29.7 Å². The van der Waals surface area contributed by atoms with E-state index >= 15 is 0 Å². The van der Waals surface area contributed by atoms with Gasteiger partial charge in [0.25, 0.3) is 0 Å². The molecule has 0 saturated carbocycles. The van der Waals surface area contributed by atoms with E-state index in [9.17, 15) is 0 Å². The molecule has 2 aromatic heterocycles. The lowest BCUT2D eigenvalue weighted by Gasteiger charge is -2.24. The molecule has 3 heterocycles. The quantitative estimate of drug-likeness (QED) is 0.857. The number of aromatic nitrogens is 4. The number of nitrogens with one attached hydrogen (secondary N) is 1. The lowest BCUT2D eigenvalue weighted by atomic mass is 10.1. The van der Waals surface area contributed by atoms with Crippen molar-refractivity contribution in [1.29, 1.82) is 0 Å². The fourth-order valence-electron chi connectivity index (χ4n) is 2.38. The first-order valence-electron chi connectivity index (χ1n) is 6.10. The van der Waals surface area contributed by atoms with Gasteiger partial charge < -0.3 is 5.32 Å². The van der Waals surface area contributed by atoms with Crippen molar-refractivity contribution >= 4 is 5.82 Å². The number of fused-ring (bicyclic) bond motifs is 1. The average molecular weight is 231 g/mol. The topological polar surface area (TPSA) is 47.7 Å². The molecule has 0 aliphatic carbocycles. The van der Waals surface area contributed by atoms with Crippen LogP contribution in [0, 0.1) is 6.92 Å². The summed E-state index contributed by atoms with van der Waals surface area (Å²) in [7, 11) is 0. The zero-order valence-electron chi connectivity index (χ0n) is 10.2. The molecule has 1 aliphatic heterocycles. The predicted octanol–water partition coefficient (Wildman–Crippen LogP) is 1.81. The predicted molar refractivity (Wildman–Crippen MR) is 66.1 cm³/mol. The first-order valence-corrected chi connectivity index (χ1v) is 6.10. The third kappa shape index (κ3) is 1.71. The molecule has 0 spiro atoms. The number of aryl methyl sites for hydroxylation is 2. The van der Waals surface area contributed by atoms with E-state index in [1.807, 2.05) is 17.8 Å². The zero-order chi connectivity index (χ0) is 11.8. The molecule has 2 aromatic rings. The minimum absolute atomic E-state index is 0.320. The average Bonchev–Trinajstić information content (AvgIpc) is 2.92. The first kappa shape index (κ1) is 10.4. The summed E-state index contributed by atoms with van der Waals surface area (Å²) in [4.78, 5) is 0. The van der Waals surface area contributed by atoms with Gasteiger partial charge in [0.1, 0.15) is 5.82 Å². The summed E-state index contributed by atoms with van der Waals surface area (Å²) in [6, 6.07) is 2.41. The lowest BCUT2D eigenvalue weighted by molar-refractivity contribution is 0.479. The maximum absolute atomic E-state index is 4.56. The van der Waals surface area contributed by atoms with Crippen molar-refractivity contribution in [3.8, 4) is 0 Å². The van der Waals surface area contributed by atoms with Crippen molar-refractivity contribution < 1.29 is 0 Å². The summed E-state index contributed by atoms with van der Waals surface area (Å²) < 4.78 is 4.04. The van der Waals surface area contributed by atoms with Crippen molar-refractivity contribution in [2.24, 2.45) is 0 Å². The molecule has 5 nitrogen and oxygen atoms in total. The fourth-order valence-corrected chi connectivity index (χ4v) is 2.38. The Kier molecular flexibility index (Phi) is 2.39. The van der Waals surface area contributed by atoms with E-state index in [1.54, 1.807) is 0 Å². The SMILES string of the molecule is CCn1cc(C2CCNc3cc(C)nn32)cn1. The maximum Gasteiger partial charge on any atom is 0.125 e. The summed E-state index contributed by atoms with van der Waals surface area (Å²) >= 11 is 0. The second-order valence-corrected chi connectivity index (χ2v) is 4.48. The second-order valence-electron chi connectivity index (χ2n) is 4.48. The van der Waals surface area contributed by atoms with Gasteiger partial charge in [-0.2, -0.15) is 10.2 Å². The highest BCUT2D eigenvalue weighted by atomic mass is 15.4. The molecule has 0 fully saturated rings. The number of rotatable bonds is 2. The highest BCUT2D eigenvalue weighted by molar-refractivity contribution is 5.40. The van der Waals surface area contributed by atoms with Crippen molar-refractivity contribution in [1.82, 2.24) is 19.6 Å². The molecular weight excluding hydrogens is 214 g/mol. The van der Waals surface area contributed by atoms with Gasteiger partial charge in [-0.15, -0.1) is 0 Å². The molecule has 3 rings (SSSR count). The minimum atomic E-state index is 0.320.